The number of nitrogens with zero attached hydrogens (tertiary/aromatic N) is 4. The van der Waals surface area contributed by atoms with Gasteiger partial charge in [-0.2, -0.15) is 0 Å². The number of carbonyl (C=O) groups excluding carboxylic acids is 1. The maximum absolute atomic E-state index is 13.2. The second kappa shape index (κ2) is 8.62. The van der Waals surface area contributed by atoms with Gasteiger partial charge in [0, 0.05) is 38.7 Å². The van der Waals surface area contributed by atoms with E-state index in [4.69, 9.17) is 4.74 Å². The molecule has 1 aromatic carbocycles. The molecule has 0 radical (unpaired) electrons. The first-order valence-electron chi connectivity index (χ1n) is 11.3. The van der Waals surface area contributed by atoms with Gasteiger partial charge < -0.3 is 14.7 Å². The van der Waals surface area contributed by atoms with Gasteiger partial charge in [0.1, 0.15) is 17.0 Å². The summed E-state index contributed by atoms with van der Waals surface area (Å²) < 4.78 is 7.98. The number of phenols is 1. The Morgan fingerprint density at radius 2 is 1.85 bits per heavy atom. The zero-order chi connectivity index (χ0) is 24.8. The van der Waals surface area contributed by atoms with Gasteiger partial charge in [-0.05, 0) is 57.4 Å². The first-order valence-corrected chi connectivity index (χ1v) is 11.3. The van der Waals surface area contributed by atoms with Crippen LogP contribution in [0.2, 0.25) is 0 Å². The van der Waals surface area contributed by atoms with Crippen LogP contribution in [0.5, 0.6) is 5.75 Å². The summed E-state index contributed by atoms with van der Waals surface area (Å²) in [6, 6.07) is 8.60. The van der Waals surface area contributed by atoms with Crippen molar-refractivity contribution in [3.8, 4) is 17.0 Å². The highest BCUT2D eigenvalue weighted by Crippen LogP contribution is 2.35. The van der Waals surface area contributed by atoms with Crippen molar-refractivity contribution in [2.75, 3.05) is 13.1 Å². The van der Waals surface area contributed by atoms with E-state index in [0.717, 1.165) is 17.4 Å². The van der Waals surface area contributed by atoms with Gasteiger partial charge in [-0.15, -0.1) is 0 Å². The van der Waals surface area contributed by atoms with E-state index in [-0.39, 0.29) is 17.3 Å². The standard InChI is InChI=1S/C25H30N4O5/c1-25(2,3)34-24(33)29-12-8-9-15(14-29)17-13-18(16-10-6-7-11-19(16)30)26-21-20(17)22(31)28(5)23(32)27(21)4/h6-7,10-11,13,15,30H,8-9,12,14H2,1-5H3. The topological polar surface area (TPSA) is 107 Å². The summed E-state index contributed by atoms with van der Waals surface area (Å²) in [6.07, 6.45) is 1.10. The van der Waals surface area contributed by atoms with Crippen molar-refractivity contribution in [2.45, 2.75) is 45.1 Å². The molecule has 1 N–H and O–H groups in total. The van der Waals surface area contributed by atoms with E-state index in [1.807, 2.05) is 20.8 Å². The molecule has 1 atom stereocenters. The number of pyridine rings is 1. The number of likely N-dealkylation sites (tertiary alicyclic amines) is 1. The Kier molecular flexibility index (Phi) is 5.97. The molecule has 3 aromatic rings. The Labute approximate surface area is 197 Å². The molecule has 9 heteroatoms. The van der Waals surface area contributed by atoms with E-state index >= 15 is 0 Å². The molecule has 34 heavy (non-hydrogen) atoms. The van der Waals surface area contributed by atoms with Crippen molar-refractivity contribution in [3.63, 3.8) is 0 Å². The normalized spacial score (nSPS) is 16.6. The van der Waals surface area contributed by atoms with E-state index in [2.05, 4.69) is 4.98 Å². The largest absolute Gasteiger partial charge is 0.507 e. The highest BCUT2D eigenvalue weighted by atomic mass is 16.6. The van der Waals surface area contributed by atoms with Gasteiger partial charge in [-0.25, -0.2) is 14.6 Å². The summed E-state index contributed by atoms with van der Waals surface area (Å²) in [6.45, 7) is 6.42. The molecular formula is C25H30N4O5. The number of aromatic hydroxyl groups is 1. The van der Waals surface area contributed by atoms with Crippen LogP contribution in [0.1, 0.15) is 45.1 Å². The predicted octanol–water partition coefficient (Wildman–Crippen LogP) is 3.12. The van der Waals surface area contributed by atoms with Crippen molar-refractivity contribution in [2.24, 2.45) is 14.1 Å². The SMILES string of the molecule is Cn1c(=O)c2c(C3CCCN(C(=O)OC(C)(C)C)C3)cc(-c3ccccc3O)nc2n(C)c1=O. The Hall–Kier alpha value is -3.62. The maximum Gasteiger partial charge on any atom is 0.410 e. The minimum absolute atomic E-state index is 0.0492. The van der Waals surface area contributed by atoms with Gasteiger partial charge in [0.05, 0.1) is 11.1 Å². The lowest BCUT2D eigenvalue weighted by Gasteiger charge is -2.34. The van der Waals surface area contributed by atoms with Crippen molar-refractivity contribution < 1.29 is 14.6 Å². The van der Waals surface area contributed by atoms with Crippen LogP contribution in [0.25, 0.3) is 22.3 Å². The summed E-state index contributed by atoms with van der Waals surface area (Å²) in [5, 5.41) is 10.8. The second-order valence-electron chi connectivity index (χ2n) is 9.78. The van der Waals surface area contributed by atoms with Crippen LogP contribution in [-0.2, 0) is 18.8 Å². The molecule has 1 aliphatic heterocycles. The lowest BCUT2D eigenvalue weighted by molar-refractivity contribution is 0.0198. The number of amides is 1. The van der Waals surface area contributed by atoms with Gasteiger partial charge in [0.2, 0.25) is 0 Å². The van der Waals surface area contributed by atoms with Crippen molar-refractivity contribution in [1.82, 2.24) is 19.0 Å². The van der Waals surface area contributed by atoms with E-state index in [1.54, 1.807) is 42.3 Å². The molecule has 1 amide bonds. The van der Waals surface area contributed by atoms with Crippen molar-refractivity contribution in [1.29, 1.82) is 0 Å². The van der Waals surface area contributed by atoms with Crippen LogP contribution in [0.4, 0.5) is 4.79 Å². The number of carbonyl (C=O) groups is 1. The average Bonchev–Trinajstić information content (AvgIpc) is 2.80. The molecule has 0 bridgehead atoms. The third kappa shape index (κ3) is 4.30. The lowest BCUT2D eigenvalue weighted by Crippen LogP contribution is -2.43. The first kappa shape index (κ1) is 23.5. The van der Waals surface area contributed by atoms with Crippen LogP contribution in [-0.4, -0.2) is 48.9 Å². The monoisotopic (exact) mass is 466 g/mol. The molecule has 0 spiro atoms. The molecule has 180 valence electrons. The van der Waals surface area contributed by atoms with Crippen molar-refractivity contribution >= 4 is 17.1 Å². The number of fused-ring (bicyclic) bond motifs is 1. The molecule has 1 saturated heterocycles. The molecule has 0 aliphatic carbocycles. The molecular weight excluding hydrogens is 436 g/mol. The zero-order valence-electron chi connectivity index (χ0n) is 20.2. The predicted molar refractivity (Wildman–Crippen MR) is 129 cm³/mol. The minimum Gasteiger partial charge on any atom is -0.507 e. The lowest BCUT2D eigenvalue weighted by atomic mass is 9.88. The summed E-state index contributed by atoms with van der Waals surface area (Å²) in [5.74, 6) is -0.116. The average molecular weight is 467 g/mol. The van der Waals surface area contributed by atoms with Gasteiger partial charge >= 0.3 is 11.8 Å². The number of aryl methyl sites for hydroxylation is 1. The van der Waals surface area contributed by atoms with E-state index in [9.17, 15) is 19.5 Å². The number of para-hydroxylation sites is 1. The van der Waals surface area contributed by atoms with Gasteiger partial charge in [-0.1, -0.05) is 12.1 Å². The van der Waals surface area contributed by atoms with Gasteiger partial charge in [0.15, 0.2) is 0 Å². The highest BCUT2D eigenvalue weighted by Gasteiger charge is 2.31. The third-order valence-corrected chi connectivity index (χ3v) is 6.13. The second-order valence-corrected chi connectivity index (χ2v) is 9.78. The van der Waals surface area contributed by atoms with Gasteiger partial charge in [-0.3, -0.25) is 13.9 Å². The summed E-state index contributed by atoms with van der Waals surface area (Å²) >= 11 is 0. The van der Waals surface area contributed by atoms with E-state index < -0.39 is 22.9 Å². The Balaban J connectivity index is 1.90. The van der Waals surface area contributed by atoms with Crippen LogP contribution in [0.15, 0.2) is 39.9 Å². The van der Waals surface area contributed by atoms with Crippen LogP contribution in [0.3, 0.4) is 0 Å². The number of phenolic OH excluding ortho intramolecular Hbond substituents is 1. The smallest absolute Gasteiger partial charge is 0.410 e. The quantitative estimate of drug-likeness (QED) is 0.622. The summed E-state index contributed by atoms with van der Waals surface area (Å²) in [4.78, 5) is 44.9. The molecule has 1 unspecified atom stereocenters. The van der Waals surface area contributed by atoms with E-state index in [1.165, 1.54) is 11.6 Å². The maximum atomic E-state index is 13.2. The number of benzene rings is 1. The van der Waals surface area contributed by atoms with Crippen LogP contribution >= 0.6 is 0 Å². The first-order chi connectivity index (χ1) is 16.0. The Morgan fingerprint density at radius 3 is 2.53 bits per heavy atom. The molecule has 3 heterocycles. The molecule has 2 aromatic heterocycles. The fourth-order valence-electron chi connectivity index (χ4n) is 4.46. The number of hydrogen-bond donors (Lipinski definition) is 1. The molecule has 0 saturated carbocycles. The number of aromatic nitrogens is 3. The van der Waals surface area contributed by atoms with Crippen molar-refractivity contribution in [3.05, 3.63) is 56.7 Å². The Bertz CT molecular complexity index is 1380. The Morgan fingerprint density at radius 1 is 1.15 bits per heavy atom. The molecule has 9 nitrogen and oxygen atoms in total. The van der Waals surface area contributed by atoms with Crippen LogP contribution in [0, 0.1) is 0 Å². The minimum atomic E-state index is -0.611. The third-order valence-electron chi connectivity index (χ3n) is 6.13. The number of rotatable bonds is 2. The summed E-state index contributed by atoms with van der Waals surface area (Å²) in [7, 11) is 3.02. The highest BCUT2D eigenvalue weighted by molar-refractivity contribution is 5.83. The summed E-state index contributed by atoms with van der Waals surface area (Å²) in [5.41, 5.74) is 0.380. The van der Waals surface area contributed by atoms with Gasteiger partial charge in [0.25, 0.3) is 5.56 Å². The molecule has 1 fully saturated rings. The fraction of sp³-hybridized carbons (Fsp3) is 0.440. The zero-order valence-corrected chi connectivity index (χ0v) is 20.2. The molecule has 1 aliphatic rings. The number of piperidine rings is 1. The van der Waals surface area contributed by atoms with E-state index in [0.29, 0.717) is 35.3 Å². The number of hydrogen-bond acceptors (Lipinski definition) is 6. The van der Waals surface area contributed by atoms with Crippen LogP contribution < -0.4 is 11.2 Å². The molecule has 4 rings (SSSR count). The fourth-order valence-corrected chi connectivity index (χ4v) is 4.46. The number of ether oxygens (including phenoxy) is 1.